The fraction of sp³-hybridized carbons (Fsp3) is 0.632. The lowest BCUT2D eigenvalue weighted by molar-refractivity contribution is -0.145. The van der Waals surface area contributed by atoms with Crippen LogP contribution >= 0.6 is 0 Å². The lowest BCUT2D eigenvalue weighted by atomic mass is 9.89. The zero-order valence-corrected chi connectivity index (χ0v) is 14.7. The van der Waals surface area contributed by atoms with E-state index in [1.807, 2.05) is 37.4 Å². The molecule has 1 fully saturated rings. The van der Waals surface area contributed by atoms with Crippen molar-refractivity contribution in [1.82, 2.24) is 10.6 Å². The minimum Gasteiger partial charge on any atom is -0.468 e. The zero-order valence-electron chi connectivity index (χ0n) is 14.7. The molecule has 3 N–H and O–H groups in total. The van der Waals surface area contributed by atoms with Crippen molar-refractivity contribution in [2.75, 3.05) is 20.8 Å². The monoisotopic (exact) mass is 334 g/mol. The summed E-state index contributed by atoms with van der Waals surface area (Å²) in [7, 11) is 3.41. The van der Waals surface area contributed by atoms with E-state index in [1.54, 1.807) is 0 Å². The molecule has 0 saturated heterocycles. The number of benzene rings is 1. The summed E-state index contributed by atoms with van der Waals surface area (Å²) in [6.07, 6.45) is 5.38. The van der Waals surface area contributed by atoms with Crippen molar-refractivity contribution >= 4 is 5.97 Å². The maximum atomic E-state index is 12.4. The molecule has 1 aliphatic carbocycles. The Morgan fingerprint density at radius 3 is 2.62 bits per heavy atom. The van der Waals surface area contributed by atoms with Gasteiger partial charge in [0, 0.05) is 6.04 Å². The van der Waals surface area contributed by atoms with Gasteiger partial charge in [-0.05, 0) is 37.8 Å². The molecule has 2 rings (SSSR count). The summed E-state index contributed by atoms with van der Waals surface area (Å²) in [5, 5.41) is 16.5. The zero-order chi connectivity index (χ0) is 17.4. The Kier molecular flexibility index (Phi) is 7.69. The molecule has 0 bridgehead atoms. The molecule has 0 spiro atoms. The standard InChI is InChI=1S/C19H30N2O3/c1-20-16-11-7-6-10-15(12-16)18(19(23)24-2)21-17(13-22)14-8-4-3-5-9-14/h3-5,8-9,15-18,20-22H,6-7,10-13H2,1-2H3/t15?,16?,17-,18-/m0/s1. The first-order valence-corrected chi connectivity index (χ1v) is 8.86. The van der Waals surface area contributed by atoms with Gasteiger partial charge in [-0.15, -0.1) is 0 Å². The summed E-state index contributed by atoms with van der Waals surface area (Å²) < 4.78 is 5.05. The molecule has 1 aliphatic rings. The number of methoxy groups -OCH3 is 1. The summed E-state index contributed by atoms with van der Waals surface area (Å²) in [5.74, 6) is -0.0405. The van der Waals surface area contributed by atoms with Crippen LogP contribution in [0.5, 0.6) is 0 Å². The van der Waals surface area contributed by atoms with Crippen LogP contribution in [-0.4, -0.2) is 43.9 Å². The molecule has 1 saturated carbocycles. The third-order valence-corrected chi connectivity index (χ3v) is 5.06. The van der Waals surface area contributed by atoms with Gasteiger partial charge in [-0.1, -0.05) is 43.2 Å². The number of hydrogen-bond acceptors (Lipinski definition) is 5. The van der Waals surface area contributed by atoms with Crippen LogP contribution in [0.3, 0.4) is 0 Å². The largest absolute Gasteiger partial charge is 0.468 e. The van der Waals surface area contributed by atoms with Gasteiger partial charge in [0.2, 0.25) is 0 Å². The number of hydrogen-bond donors (Lipinski definition) is 3. The minimum absolute atomic E-state index is 0.0559. The Labute approximate surface area is 144 Å². The van der Waals surface area contributed by atoms with E-state index in [4.69, 9.17) is 4.74 Å². The van der Waals surface area contributed by atoms with Crippen molar-refractivity contribution in [2.24, 2.45) is 5.92 Å². The molecule has 0 aliphatic heterocycles. The van der Waals surface area contributed by atoms with Gasteiger partial charge in [-0.25, -0.2) is 0 Å². The highest BCUT2D eigenvalue weighted by Crippen LogP contribution is 2.28. The lowest BCUT2D eigenvalue weighted by Crippen LogP contribution is -2.47. The van der Waals surface area contributed by atoms with Gasteiger partial charge in [0.15, 0.2) is 0 Å². The van der Waals surface area contributed by atoms with Gasteiger partial charge in [-0.3, -0.25) is 10.1 Å². The number of carbonyl (C=O) groups is 1. The number of nitrogens with one attached hydrogen (secondary N) is 2. The Balaban J connectivity index is 2.16. The van der Waals surface area contributed by atoms with Crippen molar-refractivity contribution in [3.63, 3.8) is 0 Å². The predicted molar refractivity (Wildman–Crippen MR) is 94.6 cm³/mol. The van der Waals surface area contributed by atoms with Crippen LogP contribution in [0.15, 0.2) is 30.3 Å². The highest BCUT2D eigenvalue weighted by Gasteiger charge is 2.33. The van der Waals surface area contributed by atoms with Crippen LogP contribution in [0.2, 0.25) is 0 Å². The smallest absolute Gasteiger partial charge is 0.323 e. The molecule has 134 valence electrons. The van der Waals surface area contributed by atoms with E-state index in [9.17, 15) is 9.90 Å². The molecular weight excluding hydrogens is 304 g/mol. The molecule has 5 nitrogen and oxygen atoms in total. The number of rotatable bonds is 7. The lowest BCUT2D eigenvalue weighted by Gasteiger charge is -2.30. The summed E-state index contributed by atoms with van der Waals surface area (Å²) in [5.41, 5.74) is 0.979. The second kappa shape index (κ2) is 9.77. The summed E-state index contributed by atoms with van der Waals surface area (Å²) in [4.78, 5) is 12.4. The van der Waals surface area contributed by atoms with E-state index in [0.717, 1.165) is 31.2 Å². The molecule has 1 aromatic rings. The van der Waals surface area contributed by atoms with E-state index < -0.39 is 6.04 Å². The van der Waals surface area contributed by atoms with Gasteiger partial charge in [0.1, 0.15) is 6.04 Å². The Morgan fingerprint density at radius 2 is 2.00 bits per heavy atom. The molecule has 5 heteroatoms. The fourth-order valence-corrected chi connectivity index (χ4v) is 3.64. The van der Waals surface area contributed by atoms with Crippen molar-refractivity contribution in [2.45, 2.75) is 50.2 Å². The van der Waals surface area contributed by atoms with Crippen molar-refractivity contribution in [3.8, 4) is 0 Å². The molecule has 1 aromatic carbocycles. The molecular formula is C19H30N2O3. The number of ether oxygens (including phenoxy) is 1. The summed E-state index contributed by atoms with van der Waals surface area (Å²) >= 11 is 0. The second-order valence-corrected chi connectivity index (χ2v) is 6.58. The minimum atomic E-state index is -0.402. The number of aliphatic hydroxyl groups excluding tert-OH is 1. The SMILES string of the molecule is CNC1CCCCC([C@H](N[C@@H](CO)c2ccccc2)C(=O)OC)C1. The van der Waals surface area contributed by atoms with Crippen LogP contribution < -0.4 is 10.6 Å². The van der Waals surface area contributed by atoms with Gasteiger partial charge < -0.3 is 15.2 Å². The number of esters is 1. The highest BCUT2D eigenvalue weighted by atomic mass is 16.5. The van der Waals surface area contributed by atoms with Crippen LogP contribution in [0.1, 0.15) is 43.7 Å². The van der Waals surface area contributed by atoms with E-state index >= 15 is 0 Å². The summed E-state index contributed by atoms with van der Waals surface area (Å²) in [6, 6.07) is 9.50. The molecule has 0 aromatic heterocycles. The molecule has 0 heterocycles. The molecule has 2 unspecified atom stereocenters. The van der Waals surface area contributed by atoms with Crippen molar-refractivity contribution < 1.29 is 14.6 Å². The second-order valence-electron chi connectivity index (χ2n) is 6.58. The quantitative estimate of drug-likeness (QED) is 0.526. The third kappa shape index (κ3) is 5.03. The molecule has 0 radical (unpaired) electrons. The van der Waals surface area contributed by atoms with Crippen LogP contribution in [0, 0.1) is 5.92 Å². The Bertz CT molecular complexity index is 495. The van der Waals surface area contributed by atoms with Gasteiger partial charge in [-0.2, -0.15) is 0 Å². The fourth-order valence-electron chi connectivity index (χ4n) is 3.64. The van der Waals surface area contributed by atoms with Crippen molar-refractivity contribution in [1.29, 1.82) is 0 Å². The van der Waals surface area contributed by atoms with E-state index in [1.165, 1.54) is 13.5 Å². The number of carbonyl (C=O) groups excluding carboxylic acids is 1. The normalized spacial score (nSPS) is 24.0. The predicted octanol–water partition coefficient (Wildman–Crippen LogP) is 2.02. The molecule has 4 atom stereocenters. The maximum absolute atomic E-state index is 12.4. The third-order valence-electron chi connectivity index (χ3n) is 5.06. The van der Waals surface area contributed by atoms with Gasteiger partial charge in [0.05, 0.1) is 19.8 Å². The summed E-state index contributed by atoms with van der Waals surface area (Å²) in [6.45, 7) is -0.0559. The first-order valence-electron chi connectivity index (χ1n) is 8.86. The van der Waals surface area contributed by atoms with Crippen LogP contribution in [0.25, 0.3) is 0 Å². The first-order chi connectivity index (χ1) is 11.7. The average molecular weight is 334 g/mol. The van der Waals surface area contributed by atoms with E-state index in [-0.39, 0.29) is 24.5 Å². The topological polar surface area (TPSA) is 70.6 Å². The number of aliphatic hydroxyl groups is 1. The first kappa shape index (κ1) is 18.9. The molecule has 0 amide bonds. The molecule has 24 heavy (non-hydrogen) atoms. The average Bonchev–Trinajstić information content (AvgIpc) is 2.88. The van der Waals surface area contributed by atoms with Gasteiger partial charge >= 0.3 is 5.97 Å². The van der Waals surface area contributed by atoms with Gasteiger partial charge in [0.25, 0.3) is 0 Å². The van der Waals surface area contributed by atoms with E-state index in [0.29, 0.717) is 6.04 Å². The Morgan fingerprint density at radius 1 is 1.29 bits per heavy atom. The highest BCUT2D eigenvalue weighted by molar-refractivity contribution is 5.76. The van der Waals surface area contributed by atoms with E-state index in [2.05, 4.69) is 10.6 Å². The Hall–Kier alpha value is -1.43. The maximum Gasteiger partial charge on any atom is 0.323 e. The van der Waals surface area contributed by atoms with Crippen LogP contribution in [0.4, 0.5) is 0 Å². The van der Waals surface area contributed by atoms with Crippen molar-refractivity contribution in [3.05, 3.63) is 35.9 Å². The van der Waals surface area contributed by atoms with Crippen LogP contribution in [-0.2, 0) is 9.53 Å².